The summed E-state index contributed by atoms with van der Waals surface area (Å²) in [7, 11) is 0. The zero-order valence-electron chi connectivity index (χ0n) is 15.9. The van der Waals surface area contributed by atoms with E-state index in [2.05, 4.69) is 29.4 Å². The van der Waals surface area contributed by atoms with E-state index in [0.717, 1.165) is 6.54 Å². The zero-order chi connectivity index (χ0) is 17.5. The van der Waals surface area contributed by atoms with Crippen LogP contribution in [-0.2, 0) is 4.74 Å². The molecule has 0 saturated carbocycles. The largest absolute Gasteiger partial charge is 0.444 e. The molecule has 136 valence electrons. The SMILES string of the molecule is CCCN1CCCC(C(C)NCC(C)NC(=O)OC(C)(C)C)C1. The van der Waals surface area contributed by atoms with Crippen molar-refractivity contribution in [2.45, 2.75) is 78.5 Å². The Bertz CT molecular complexity index is 353. The minimum Gasteiger partial charge on any atom is -0.444 e. The van der Waals surface area contributed by atoms with Gasteiger partial charge in [0.2, 0.25) is 0 Å². The van der Waals surface area contributed by atoms with Gasteiger partial charge in [0.15, 0.2) is 0 Å². The van der Waals surface area contributed by atoms with Crippen LogP contribution in [0.15, 0.2) is 0 Å². The van der Waals surface area contributed by atoms with Gasteiger partial charge in [-0.2, -0.15) is 0 Å². The van der Waals surface area contributed by atoms with E-state index < -0.39 is 5.60 Å². The number of amides is 1. The Morgan fingerprint density at radius 3 is 2.65 bits per heavy atom. The van der Waals surface area contributed by atoms with Crippen molar-refractivity contribution in [3.8, 4) is 0 Å². The van der Waals surface area contributed by atoms with Gasteiger partial charge in [-0.3, -0.25) is 0 Å². The molecule has 0 aromatic rings. The first-order chi connectivity index (χ1) is 10.7. The summed E-state index contributed by atoms with van der Waals surface area (Å²) in [6.07, 6.45) is 3.47. The molecule has 1 rings (SSSR count). The van der Waals surface area contributed by atoms with E-state index >= 15 is 0 Å². The number of alkyl carbamates (subject to hydrolysis) is 1. The second kappa shape index (κ2) is 9.48. The molecule has 0 aliphatic carbocycles. The van der Waals surface area contributed by atoms with Crippen molar-refractivity contribution < 1.29 is 9.53 Å². The molecule has 3 atom stereocenters. The summed E-state index contributed by atoms with van der Waals surface area (Å²) in [6, 6.07) is 0.528. The van der Waals surface area contributed by atoms with Crippen LogP contribution in [0.3, 0.4) is 0 Å². The first-order valence-corrected chi connectivity index (χ1v) is 9.16. The third-order valence-corrected chi connectivity index (χ3v) is 4.30. The first kappa shape index (κ1) is 20.2. The molecule has 1 saturated heterocycles. The normalized spacial score (nSPS) is 22.4. The van der Waals surface area contributed by atoms with Crippen LogP contribution in [0, 0.1) is 5.92 Å². The highest BCUT2D eigenvalue weighted by Gasteiger charge is 2.24. The van der Waals surface area contributed by atoms with Crippen LogP contribution in [-0.4, -0.2) is 54.9 Å². The summed E-state index contributed by atoms with van der Waals surface area (Å²) < 4.78 is 5.29. The molecule has 2 N–H and O–H groups in total. The third kappa shape index (κ3) is 8.56. The third-order valence-electron chi connectivity index (χ3n) is 4.30. The van der Waals surface area contributed by atoms with Gasteiger partial charge in [0.05, 0.1) is 0 Å². The average molecular weight is 328 g/mol. The molecule has 1 amide bonds. The molecule has 5 nitrogen and oxygen atoms in total. The van der Waals surface area contributed by atoms with Gasteiger partial charge in [-0.1, -0.05) is 6.92 Å². The number of hydrogen-bond acceptors (Lipinski definition) is 4. The van der Waals surface area contributed by atoms with E-state index in [0.29, 0.717) is 12.0 Å². The monoisotopic (exact) mass is 327 g/mol. The molecular weight excluding hydrogens is 290 g/mol. The maximum absolute atomic E-state index is 11.8. The van der Waals surface area contributed by atoms with Crippen LogP contribution in [0.5, 0.6) is 0 Å². The Morgan fingerprint density at radius 1 is 1.35 bits per heavy atom. The first-order valence-electron chi connectivity index (χ1n) is 9.16. The molecule has 23 heavy (non-hydrogen) atoms. The van der Waals surface area contributed by atoms with Crippen molar-refractivity contribution in [3.05, 3.63) is 0 Å². The van der Waals surface area contributed by atoms with E-state index in [1.807, 2.05) is 27.7 Å². The number of rotatable bonds is 7. The van der Waals surface area contributed by atoms with Gasteiger partial charge in [-0.05, 0) is 72.9 Å². The summed E-state index contributed by atoms with van der Waals surface area (Å²) in [6.45, 7) is 16.6. The van der Waals surface area contributed by atoms with Crippen LogP contribution in [0.1, 0.15) is 60.8 Å². The van der Waals surface area contributed by atoms with Gasteiger partial charge in [0.25, 0.3) is 0 Å². The number of carbonyl (C=O) groups excluding carboxylic acids is 1. The van der Waals surface area contributed by atoms with Gasteiger partial charge >= 0.3 is 6.09 Å². The number of piperidine rings is 1. The second-order valence-corrected chi connectivity index (χ2v) is 7.95. The molecule has 1 aliphatic heterocycles. The van der Waals surface area contributed by atoms with Gasteiger partial charge in [0, 0.05) is 25.2 Å². The highest BCUT2D eigenvalue weighted by molar-refractivity contribution is 5.68. The minimum absolute atomic E-state index is 0.0580. The van der Waals surface area contributed by atoms with Gasteiger partial charge in [-0.15, -0.1) is 0 Å². The average Bonchev–Trinajstić information content (AvgIpc) is 2.43. The van der Waals surface area contributed by atoms with Crippen LogP contribution >= 0.6 is 0 Å². The number of hydrogen-bond donors (Lipinski definition) is 2. The lowest BCUT2D eigenvalue weighted by Gasteiger charge is -2.36. The Morgan fingerprint density at radius 2 is 2.04 bits per heavy atom. The lowest BCUT2D eigenvalue weighted by molar-refractivity contribution is 0.0506. The Balaban J connectivity index is 2.29. The van der Waals surface area contributed by atoms with E-state index in [-0.39, 0.29) is 12.1 Å². The smallest absolute Gasteiger partial charge is 0.407 e. The number of nitrogens with one attached hydrogen (secondary N) is 2. The molecular formula is C18H37N3O2. The molecule has 0 bridgehead atoms. The summed E-state index contributed by atoms with van der Waals surface area (Å²) in [4.78, 5) is 14.3. The molecule has 0 aromatic carbocycles. The standard InChI is InChI=1S/C18H37N3O2/c1-7-10-21-11-8-9-16(13-21)15(3)19-12-14(2)20-17(22)23-18(4,5)6/h14-16,19H,7-13H2,1-6H3,(H,20,22). The van der Waals surface area contributed by atoms with Gasteiger partial charge < -0.3 is 20.3 Å². The zero-order valence-corrected chi connectivity index (χ0v) is 15.9. The summed E-state index contributed by atoms with van der Waals surface area (Å²) in [5, 5.41) is 6.48. The maximum atomic E-state index is 11.8. The lowest BCUT2D eigenvalue weighted by atomic mass is 9.91. The van der Waals surface area contributed by atoms with Crippen molar-refractivity contribution in [1.82, 2.24) is 15.5 Å². The van der Waals surface area contributed by atoms with Gasteiger partial charge in [0.1, 0.15) is 5.60 Å². The van der Waals surface area contributed by atoms with E-state index in [1.54, 1.807) is 0 Å². The topological polar surface area (TPSA) is 53.6 Å². The summed E-state index contributed by atoms with van der Waals surface area (Å²) in [5.41, 5.74) is -0.449. The molecule has 1 aliphatic rings. The van der Waals surface area contributed by atoms with Crippen molar-refractivity contribution in [2.24, 2.45) is 5.92 Å². The number of nitrogens with zero attached hydrogens (tertiary/aromatic N) is 1. The predicted octanol–water partition coefficient (Wildman–Crippen LogP) is 3.00. The molecule has 3 unspecified atom stereocenters. The fourth-order valence-electron chi connectivity index (χ4n) is 3.11. The molecule has 0 spiro atoms. The maximum Gasteiger partial charge on any atom is 0.407 e. The lowest BCUT2D eigenvalue weighted by Crippen LogP contribution is -2.49. The number of carbonyl (C=O) groups is 1. The molecule has 1 heterocycles. The van der Waals surface area contributed by atoms with Crippen molar-refractivity contribution in [1.29, 1.82) is 0 Å². The highest BCUT2D eigenvalue weighted by atomic mass is 16.6. The molecule has 0 radical (unpaired) electrons. The molecule has 5 heteroatoms. The highest BCUT2D eigenvalue weighted by Crippen LogP contribution is 2.19. The Kier molecular flexibility index (Phi) is 8.34. The second-order valence-electron chi connectivity index (χ2n) is 7.95. The molecule has 0 aromatic heterocycles. The fourth-order valence-corrected chi connectivity index (χ4v) is 3.11. The summed E-state index contributed by atoms with van der Waals surface area (Å²) in [5.74, 6) is 0.698. The summed E-state index contributed by atoms with van der Waals surface area (Å²) >= 11 is 0. The Hall–Kier alpha value is -0.810. The van der Waals surface area contributed by atoms with Crippen LogP contribution in [0.4, 0.5) is 4.79 Å². The predicted molar refractivity (Wildman–Crippen MR) is 95.8 cm³/mol. The van der Waals surface area contributed by atoms with E-state index in [9.17, 15) is 4.79 Å². The van der Waals surface area contributed by atoms with Crippen molar-refractivity contribution >= 4 is 6.09 Å². The Labute approximate surface area is 142 Å². The number of likely N-dealkylation sites (tertiary alicyclic amines) is 1. The van der Waals surface area contributed by atoms with Gasteiger partial charge in [-0.25, -0.2) is 4.79 Å². The van der Waals surface area contributed by atoms with Crippen molar-refractivity contribution in [2.75, 3.05) is 26.2 Å². The van der Waals surface area contributed by atoms with E-state index in [1.165, 1.54) is 38.9 Å². The fraction of sp³-hybridized carbons (Fsp3) is 0.944. The van der Waals surface area contributed by atoms with Crippen LogP contribution < -0.4 is 10.6 Å². The molecule has 1 fully saturated rings. The number of ether oxygens (including phenoxy) is 1. The van der Waals surface area contributed by atoms with Crippen LogP contribution in [0.2, 0.25) is 0 Å². The minimum atomic E-state index is -0.449. The van der Waals surface area contributed by atoms with Crippen LogP contribution in [0.25, 0.3) is 0 Å². The van der Waals surface area contributed by atoms with Crippen molar-refractivity contribution in [3.63, 3.8) is 0 Å². The quantitative estimate of drug-likeness (QED) is 0.755. The van der Waals surface area contributed by atoms with E-state index in [4.69, 9.17) is 4.74 Å².